The van der Waals surface area contributed by atoms with Gasteiger partial charge in [-0.25, -0.2) is 14.8 Å². The minimum atomic E-state index is -1.22. The fraction of sp³-hybridized carbons (Fsp3) is 0.375. The summed E-state index contributed by atoms with van der Waals surface area (Å²) in [5, 5.41) is 16.1. The van der Waals surface area contributed by atoms with E-state index < -0.39 is 42.3 Å². The fourth-order valence-electron chi connectivity index (χ4n) is 2.33. The Balaban J connectivity index is 1.68. The number of hydrogen-bond donors (Lipinski definition) is 7. The van der Waals surface area contributed by atoms with Gasteiger partial charge in [0.1, 0.15) is 6.04 Å². The standard InChI is InChI=1S/C16H22N8O5/c17-11(1-9-3-18-7-22-9)15(27)21-5-13(25)20-6-14(26)24-12(16(28)29)2-10-4-19-8-23-10/h3-4,7-8,11-12H,1-2,5-6,17H2,(H,18,22)(H,19,23)(H,20,25)(H,21,27)(H,24,26)(H,28,29). The molecule has 0 aliphatic carbocycles. The number of aromatic nitrogens is 4. The summed E-state index contributed by atoms with van der Waals surface area (Å²) in [5.74, 6) is -3.07. The second kappa shape index (κ2) is 10.6. The van der Waals surface area contributed by atoms with Crippen LogP contribution in [0.4, 0.5) is 0 Å². The van der Waals surface area contributed by atoms with Gasteiger partial charge < -0.3 is 36.8 Å². The van der Waals surface area contributed by atoms with Crippen molar-refractivity contribution in [1.29, 1.82) is 0 Å². The first-order valence-corrected chi connectivity index (χ1v) is 8.61. The molecule has 0 fully saturated rings. The number of H-pyrrole nitrogens is 2. The molecule has 0 radical (unpaired) electrons. The zero-order valence-corrected chi connectivity index (χ0v) is 15.3. The van der Waals surface area contributed by atoms with E-state index >= 15 is 0 Å². The van der Waals surface area contributed by atoms with Crippen LogP contribution in [-0.4, -0.2) is 73.9 Å². The number of carbonyl (C=O) groups is 4. The molecule has 2 rings (SSSR count). The third-order valence-electron chi connectivity index (χ3n) is 3.81. The largest absolute Gasteiger partial charge is 0.480 e. The molecule has 29 heavy (non-hydrogen) atoms. The quantitative estimate of drug-likeness (QED) is 0.205. The van der Waals surface area contributed by atoms with Crippen molar-refractivity contribution in [3.8, 4) is 0 Å². The molecule has 3 amide bonds. The molecule has 0 bridgehead atoms. The number of rotatable bonds is 11. The molecular formula is C16H22N8O5. The molecule has 2 aromatic rings. The van der Waals surface area contributed by atoms with Crippen molar-refractivity contribution in [2.75, 3.05) is 13.1 Å². The Morgan fingerprint density at radius 3 is 2.10 bits per heavy atom. The lowest BCUT2D eigenvalue weighted by molar-refractivity contribution is -0.141. The van der Waals surface area contributed by atoms with E-state index in [1.807, 2.05) is 0 Å². The van der Waals surface area contributed by atoms with Crippen LogP contribution in [-0.2, 0) is 32.0 Å². The third-order valence-corrected chi connectivity index (χ3v) is 3.81. The number of nitrogens with zero attached hydrogens (tertiary/aromatic N) is 2. The smallest absolute Gasteiger partial charge is 0.326 e. The first-order chi connectivity index (χ1) is 13.8. The molecule has 2 heterocycles. The van der Waals surface area contributed by atoms with Crippen LogP contribution in [0.3, 0.4) is 0 Å². The van der Waals surface area contributed by atoms with Crippen molar-refractivity contribution in [2.45, 2.75) is 24.9 Å². The molecule has 2 aromatic heterocycles. The Labute approximate surface area is 164 Å². The van der Waals surface area contributed by atoms with E-state index in [0.29, 0.717) is 11.4 Å². The first kappa shape index (κ1) is 21.6. The Kier molecular flexibility index (Phi) is 7.85. The maximum absolute atomic E-state index is 11.9. The number of amides is 3. The molecule has 2 atom stereocenters. The highest BCUT2D eigenvalue weighted by molar-refractivity contribution is 5.90. The molecule has 13 nitrogen and oxygen atoms in total. The van der Waals surface area contributed by atoms with E-state index in [9.17, 15) is 24.3 Å². The lowest BCUT2D eigenvalue weighted by Gasteiger charge is -2.14. The average Bonchev–Trinajstić information content (AvgIpc) is 3.37. The van der Waals surface area contributed by atoms with Gasteiger partial charge in [0, 0.05) is 36.6 Å². The number of carboxylic acid groups (broad SMARTS) is 1. The summed E-state index contributed by atoms with van der Waals surface area (Å²) in [5.41, 5.74) is 6.95. The summed E-state index contributed by atoms with van der Waals surface area (Å²) in [7, 11) is 0. The van der Waals surface area contributed by atoms with Crippen LogP contribution in [0, 0.1) is 0 Å². The van der Waals surface area contributed by atoms with Gasteiger partial charge in [0.2, 0.25) is 17.7 Å². The predicted octanol–water partition coefficient (Wildman–Crippen LogP) is -2.95. The number of hydrogen-bond acceptors (Lipinski definition) is 7. The molecular weight excluding hydrogens is 384 g/mol. The fourth-order valence-corrected chi connectivity index (χ4v) is 2.33. The molecule has 0 aromatic carbocycles. The molecule has 0 saturated carbocycles. The predicted molar refractivity (Wildman–Crippen MR) is 98.1 cm³/mol. The highest BCUT2D eigenvalue weighted by Gasteiger charge is 2.21. The van der Waals surface area contributed by atoms with Gasteiger partial charge in [0.25, 0.3) is 0 Å². The summed E-state index contributed by atoms with van der Waals surface area (Å²) in [6.07, 6.45) is 6.08. The summed E-state index contributed by atoms with van der Waals surface area (Å²) in [6.45, 7) is -0.819. The number of imidazole rings is 2. The molecule has 2 unspecified atom stereocenters. The van der Waals surface area contributed by atoms with Crippen molar-refractivity contribution in [3.63, 3.8) is 0 Å². The normalized spacial score (nSPS) is 12.6. The van der Waals surface area contributed by atoms with Crippen molar-refractivity contribution < 1.29 is 24.3 Å². The molecule has 0 aliphatic heterocycles. The van der Waals surface area contributed by atoms with Crippen LogP contribution in [0.15, 0.2) is 25.0 Å². The van der Waals surface area contributed by atoms with Gasteiger partial charge in [0.05, 0.1) is 31.8 Å². The van der Waals surface area contributed by atoms with Crippen LogP contribution in [0.1, 0.15) is 11.4 Å². The second-order valence-corrected chi connectivity index (χ2v) is 6.12. The average molecular weight is 406 g/mol. The minimum absolute atomic E-state index is 0.0132. The van der Waals surface area contributed by atoms with Crippen LogP contribution >= 0.6 is 0 Å². The third kappa shape index (κ3) is 7.42. The second-order valence-electron chi connectivity index (χ2n) is 6.12. The number of carboxylic acids is 1. The van der Waals surface area contributed by atoms with Crippen molar-refractivity contribution in [2.24, 2.45) is 5.73 Å². The van der Waals surface area contributed by atoms with E-state index in [-0.39, 0.29) is 19.4 Å². The monoisotopic (exact) mass is 406 g/mol. The first-order valence-electron chi connectivity index (χ1n) is 8.61. The van der Waals surface area contributed by atoms with E-state index in [1.165, 1.54) is 25.0 Å². The van der Waals surface area contributed by atoms with Gasteiger partial charge in [-0.05, 0) is 0 Å². The van der Waals surface area contributed by atoms with Crippen molar-refractivity contribution in [3.05, 3.63) is 36.4 Å². The molecule has 8 N–H and O–H groups in total. The van der Waals surface area contributed by atoms with Gasteiger partial charge in [0.15, 0.2) is 0 Å². The van der Waals surface area contributed by atoms with Crippen LogP contribution < -0.4 is 21.7 Å². The number of aromatic amines is 2. The van der Waals surface area contributed by atoms with E-state index in [2.05, 4.69) is 35.9 Å². The number of nitrogens with one attached hydrogen (secondary N) is 5. The highest BCUT2D eigenvalue weighted by atomic mass is 16.4. The Hall–Kier alpha value is -3.74. The van der Waals surface area contributed by atoms with Gasteiger partial charge in [-0.15, -0.1) is 0 Å². The van der Waals surface area contributed by atoms with Gasteiger partial charge in [-0.2, -0.15) is 0 Å². The van der Waals surface area contributed by atoms with Crippen LogP contribution in [0.25, 0.3) is 0 Å². The highest BCUT2D eigenvalue weighted by Crippen LogP contribution is 1.99. The number of carbonyl (C=O) groups excluding carboxylic acids is 3. The number of aliphatic carboxylic acids is 1. The van der Waals surface area contributed by atoms with Crippen LogP contribution in [0.2, 0.25) is 0 Å². The maximum atomic E-state index is 11.9. The topological polar surface area (TPSA) is 208 Å². The molecule has 156 valence electrons. The van der Waals surface area contributed by atoms with Gasteiger partial charge in [-0.1, -0.05) is 0 Å². The summed E-state index contributed by atoms with van der Waals surface area (Å²) in [6, 6.07) is -2.05. The zero-order valence-electron chi connectivity index (χ0n) is 15.3. The van der Waals surface area contributed by atoms with Crippen molar-refractivity contribution in [1.82, 2.24) is 35.9 Å². The van der Waals surface area contributed by atoms with Gasteiger partial charge in [-0.3, -0.25) is 14.4 Å². The number of nitrogens with two attached hydrogens (primary N) is 1. The Morgan fingerprint density at radius 2 is 1.55 bits per heavy atom. The zero-order chi connectivity index (χ0) is 21.2. The molecule has 0 spiro atoms. The summed E-state index contributed by atoms with van der Waals surface area (Å²) in [4.78, 5) is 59.9. The van der Waals surface area contributed by atoms with Crippen molar-refractivity contribution >= 4 is 23.7 Å². The SMILES string of the molecule is NC(Cc1cnc[nH]1)C(=O)NCC(=O)NCC(=O)NC(Cc1cnc[nH]1)C(=O)O. The summed E-state index contributed by atoms with van der Waals surface area (Å²) < 4.78 is 0. The molecule has 13 heteroatoms. The summed E-state index contributed by atoms with van der Waals surface area (Å²) >= 11 is 0. The molecule has 0 saturated heterocycles. The minimum Gasteiger partial charge on any atom is -0.480 e. The lowest BCUT2D eigenvalue weighted by Crippen LogP contribution is -2.49. The van der Waals surface area contributed by atoms with E-state index in [4.69, 9.17) is 5.73 Å². The lowest BCUT2D eigenvalue weighted by atomic mass is 10.1. The Morgan fingerprint density at radius 1 is 0.966 bits per heavy atom. The van der Waals surface area contributed by atoms with E-state index in [0.717, 1.165) is 0 Å². The van der Waals surface area contributed by atoms with E-state index in [1.54, 1.807) is 0 Å². The maximum Gasteiger partial charge on any atom is 0.326 e. The van der Waals surface area contributed by atoms with Gasteiger partial charge >= 0.3 is 5.97 Å². The van der Waals surface area contributed by atoms with Crippen LogP contribution in [0.5, 0.6) is 0 Å². The Bertz CT molecular complexity index is 820. The molecule has 0 aliphatic rings.